The minimum Gasteiger partial charge on any atom is -0.325 e. The van der Waals surface area contributed by atoms with Crippen molar-refractivity contribution in [2.45, 2.75) is 31.7 Å². The molecule has 0 amide bonds. The maximum Gasteiger partial charge on any atom is 0.0195 e. The van der Waals surface area contributed by atoms with Crippen molar-refractivity contribution in [3.05, 3.63) is 35.9 Å². The van der Waals surface area contributed by atoms with Gasteiger partial charge in [-0.1, -0.05) is 30.3 Å². The molecule has 2 rings (SSSR count). The molecule has 1 atom stereocenters. The fraction of sp³-hybridized carbons (Fsp3) is 0.500. The molecule has 1 heteroatoms. The van der Waals surface area contributed by atoms with E-state index in [4.69, 9.17) is 5.73 Å². The first kappa shape index (κ1) is 8.76. The number of rotatable bonds is 3. The van der Waals surface area contributed by atoms with Crippen molar-refractivity contribution >= 4 is 0 Å². The van der Waals surface area contributed by atoms with Crippen molar-refractivity contribution in [1.29, 1.82) is 0 Å². The Kier molecular flexibility index (Phi) is 2.12. The van der Waals surface area contributed by atoms with Gasteiger partial charge in [0.1, 0.15) is 0 Å². The second-order valence-electron chi connectivity index (χ2n) is 4.44. The van der Waals surface area contributed by atoms with Gasteiger partial charge in [0, 0.05) is 5.54 Å². The van der Waals surface area contributed by atoms with E-state index in [1.807, 2.05) is 0 Å². The molecule has 1 fully saturated rings. The molecule has 0 saturated heterocycles. The largest absolute Gasteiger partial charge is 0.325 e. The molecule has 0 spiro atoms. The molecule has 0 radical (unpaired) electrons. The summed E-state index contributed by atoms with van der Waals surface area (Å²) in [6.45, 7) is 2.18. The number of hydrogen-bond acceptors (Lipinski definition) is 1. The molecule has 1 aromatic rings. The average molecular weight is 175 g/mol. The third kappa shape index (κ3) is 2.10. The lowest BCUT2D eigenvalue weighted by molar-refractivity contribution is 0.406. The Balaban J connectivity index is 2.04. The standard InChI is InChI=1S/C12H17N/c1-12(13,11-7-8-11)9-10-5-3-2-4-6-10/h2-6,11H,7-9,13H2,1H3. The molecule has 1 nitrogen and oxygen atoms in total. The van der Waals surface area contributed by atoms with Gasteiger partial charge in [-0.3, -0.25) is 0 Å². The Labute approximate surface area is 80.0 Å². The molecule has 1 aliphatic carbocycles. The van der Waals surface area contributed by atoms with Gasteiger partial charge in [0.05, 0.1) is 0 Å². The van der Waals surface area contributed by atoms with Gasteiger partial charge in [-0.2, -0.15) is 0 Å². The lowest BCUT2D eigenvalue weighted by atomic mass is 9.89. The molecule has 1 aliphatic rings. The van der Waals surface area contributed by atoms with Crippen LogP contribution in [0.1, 0.15) is 25.3 Å². The van der Waals surface area contributed by atoms with Gasteiger partial charge in [0.2, 0.25) is 0 Å². The summed E-state index contributed by atoms with van der Waals surface area (Å²) in [5, 5.41) is 0. The lowest BCUT2D eigenvalue weighted by Gasteiger charge is -2.24. The normalized spacial score (nSPS) is 21.1. The molecule has 0 heterocycles. The molecule has 13 heavy (non-hydrogen) atoms. The Morgan fingerprint density at radius 1 is 1.31 bits per heavy atom. The molecular weight excluding hydrogens is 158 g/mol. The third-order valence-corrected chi connectivity index (χ3v) is 2.94. The van der Waals surface area contributed by atoms with Gasteiger partial charge < -0.3 is 5.73 Å². The average Bonchev–Trinajstić information content (AvgIpc) is 2.87. The fourth-order valence-electron chi connectivity index (χ4n) is 1.92. The summed E-state index contributed by atoms with van der Waals surface area (Å²) in [5.74, 6) is 0.757. The third-order valence-electron chi connectivity index (χ3n) is 2.94. The van der Waals surface area contributed by atoms with Gasteiger partial charge in [-0.05, 0) is 37.7 Å². The molecule has 70 valence electrons. The summed E-state index contributed by atoms with van der Waals surface area (Å²) in [4.78, 5) is 0. The molecule has 1 saturated carbocycles. The van der Waals surface area contributed by atoms with Crippen LogP contribution in [0.2, 0.25) is 0 Å². The predicted molar refractivity (Wildman–Crippen MR) is 55.5 cm³/mol. The van der Waals surface area contributed by atoms with Crippen LogP contribution in [-0.4, -0.2) is 5.54 Å². The fourth-order valence-corrected chi connectivity index (χ4v) is 1.92. The summed E-state index contributed by atoms with van der Waals surface area (Å²) in [5.41, 5.74) is 7.63. The van der Waals surface area contributed by atoms with Crippen molar-refractivity contribution in [2.24, 2.45) is 11.7 Å². The zero-order chi connectivity index (χ0) is 9.31. The highest BCUT2D eigenvalue weighted by Crippen LogP contribution is 2.39. The topological polar surface area (TPSA) is 26.0 Å². The number of benzene rings is 1. The van der Waals surface area contributed by atoms with Crippen LogP contribution in [-0.2, 0) is 6.42 Å². The second-order valence-corrected chi connectivity index (χ2v) is 4.44. The van der Waals surface area contributed by atoms with Crippen molar-refractivity contribution in [2.75, 3.05) is 0 Å². The van der Waals surface area contributed by atoms with Crippen LogP contribution >= 0.6 is 0 Å². The number of hydrogen-bond donors (Lipinski definition) is 1. The van der Waals surface area contributed by atoms with Crippen LogP contribution in [0.15, 0.2) is 30.3 Å². The van der Waals surface area contributed by atoms with E-state index < -0.39 is 0 Å². The van der Waals surface area contributed by atoms with Crippen molar-refractivity contribution < 1.29 is 0 Å². The van der Waals surface area contributed by atoms with E-state index in [-0.39, 0.29) is 5.54 Å². The summed E-state index contributed by atoms with van der Waals surface area (Å²) in [7, 11) is 0. The first-order valence-electron chi connectivity index (χ1n) is 5.01. The van der Waals surface area contributed by atoms with Gasteiger partial charge in [0.15, 0.2) is 0 Å². The Bertz CT molecular complexity index is 272. The summed E-state index contributed by atoms with van der Waals surface area (Å²) in [6, 6.07) is 10.5. The van der Waals surface area contributed by atoms with Crippen LogP contribution in [0.5, 0.6) is 0 Å². The van der Waals surface area contributed by atoms with E-state index in [0.29, 0.717) is 0 Å². The molecule has 0 aromatic heterocycles. The van der Waals surface area contributed by atoms with Crippen molar-refractivity contribution in [3.63, 3.8) is 0 Å². The molecular formula is C12H17N. The minimum absolute atomic E-state index is 0.0152. The molecule has 0 bridgehead atoms. The molecule has 2 N–H and O–H groups in total. The van der Waals surface area contributed by atoms with Crippen LogP contribution < -0.4 is 5.73 Å². The van der Waals surface area contributed by atoms with Crippen LogP contribution in [0.25, 0.3) is 0 Å². The van der Waals surface area contributed by atoms with E-state index >= 15 is 0 Å². The lowest BCUT2D eigenvalue weighted by Crippen LogP contribution is -2.40. The Hall–Kier alpha value is -0.820. The Morgan fingerprint density at radius 2 is 1.92 bits per heavy atom. The smallest absolute Gasteiger partial charge is 0.0195 e. The van der Waals surface area contributed by atoms with E-state index in [9.17, 15) is 0 Å². The zero-order valence-corrected chi connectivity index (χ0v) is 8.16. The van der Waals surface area contributed by atoms with E-state index in [1.165, 1.54) is 18.4 Å². The maximum absolute atomic E-state index is 6.25. The highest BCUT2D eigenvalue weighted by molar-refractivity contribution is 5.18. The van der Waals surface area contributed by atoms with Crippen molar-refractivity contribution in [3.8, 4) is 0 Å². The Morgan fingerprint density at radius 3 is 2.46 bits per heavy atom. The molecule has 1 unspecified atom stereocenters. The van der Waals surface area contributed by atoms with Gasteiger partial charge in [-0.25, -0.2) is 0 Å². The highest BCUT2D eigenvalue weighted by Gasteiger charge is 2.38. The molecule has 0 aliphatic heterocycles. The second kappa shape index (κ2) is 3.15. The van der Waals surface area contributed by atoms with Crippen LogP contribution in [0.4, 0.5) is 0 Å². The van der Waals surface area contributed by atoms with Gasteiger partial charge in [-0.15, -0.1) is 0 Å². The SMILES string of the molecule is CC(N)(Cc1ccccc1)C1CC1. The maximum atomic E-state index is 6.25. The monoisotopic (exact) mass is 175 g/mol. The zero-order valence-electron chi connectivity index (χ0n) is 8.16. The predicted octanol–water partition coefficient (Wildman–Crippen LogP) is 2.36. The van der Waals surface area contributed by atoms with Crippen molar-refractivity contribution in [1.82, 2.24) is 0 Å². The van der Waals surface area contributed by atoms with E-state index in [2.05, 4.69) is 37.3 Å². The van der Waals surface area contributed by atoms with Crippen LogP contribution in [0.3, 0.4) is 0 Å². The van der Waals surface area contributed by atoms with E-state index in [1.54, 1.807) is 0 Å². The quantitative estimate of drug-likeness (QED) is 0.749. The summed E-state index contributed by atoms with van der Waals surface area (Å²) < 4.78 is 0. The summed E-state index contributed by atoms with van der Waals surface area (Å²) in [6.07, 6.45) is 3.65. The van der Waals surface area contributed by atoms with E-state index in [0.717, 1.165) is 12.3 Å². The highest BCUT2D eigenvalue weighted by atomic mass is 14.8. The molecule has 1 aromatic carbocycles. The van der Waals surface area contributed by atoms with Crippen LogP contribution in [0, 0.1) is 5.92 Å². The minimum atomic E-state index is 0.0152. The number of nitrogens with two attached hydrogens (primary N) is 1. The van der Waals surface area contributed by atoms with Gasteiger partial charge in [0.25, 0.3) is 0 Å². The summed E-state index contributed by atoms with van der Waals surface area (Å²) >= 11 is 0. The first-order valence-corrected chi connectivity index (χ1v) is 5.01. The van der Waals surface area contributed by atoms with Gasteiger partial charge >= 0.3 is 0 Å². The first-order chi connectivity index (χ1) is 6.18.